The van der Waals surface area contributed by atoms with Crippen molar-refractivity contribution in [1.29, 1.82) is 0 Å². The van der Waals surface area contributed by atoms with E-state index in [0.29, 0.717) is 33.9 Å². The van der Waals surface area contributed by atoms with Crippen molar-refractivity contribution in [2.24, 2.45) is 0 Å². The predicted octanol–water partition coefficient (Wildman–Crippen LogP) is 4.81. The number of cyclic esters (lactones) is 1. The lowest BCUT2D eigenvalue weighted by molar-refractivity contribution is -0.146. The molecule has 32 heavy (non-hydrogen) atoms. The van der Waals surface area contributed by atoms with Gasteiger partial charge in [-0.05, 0) is 43.2 Å². The average Bonchev–Trinajstić information content (AvgIpc) is 2.78. The summed E-state index contributed by atoms with van der Waals surface area (Å²) in [4.78, 5) is 26.2. The number of carbonyl (C=O) groups is 2. The van der Waals surface area contributed by atoms with Gasteiger partial charge in [-0.1, -0.05) is 41.9 Å². The molecule has 6 nitrogen and oxygen atoms in total. The number of rotatable bonds is 5. The van der Waals surface area contributed by atoms with E-state index in [2.05, 4.69) is 5.32 Å². The van der Waals surface area contributed by atoms with Crippen LogP contribution >= 0.6 is 11.6 Å². The molecule has 0 aromatic heterocycles. The highest BCUT2D eigenvalue weighted by atomic mass is 35.5. The maximum absolute atomic E-state index is 13.3. The third-order valence-corrected chi connectivity index (χ3v) is 6.05. The molecule has 0 fully saturated rings. The van der Waals surface area contributed by atoms with E-state index in [1.807, 2.05) is 49.4 Å². The zero-order chi connectivity index (χ0) is 22.8. The number of hydrogen-bond acceptors (Lipinski definition) is 6. The normalized spacial score (nSPS) is 20.3. The summed E-state index contributed by atoms with van der Waals surface area (Å²) in [5.74, 6) is -0.927. The standard InChI is InChI=1S/C25H24ClNO5/c1-4-31-24(28)21-14(2)27-19-13-20(15-9-11-16(30-3)12-10-15)32-25(29)23(19)22(21)17-7-5-6-8-18(17)26/h5-12,20,22,27H,4,13H2,1-3H3. The first-order valence-corrected chi connectivity index (χ1v) is 10.8. The van der Waals surface area contributed by atoms with Crippen LogP contribution in [0.2, 0.25) is 5.02 Å². The van der Waals surface area contributed by atoms with Crippen LogP contribution in [0.25, 0.3) is 0 Å². The summed E-state index contributed by atoms with van der Waals surface area (Å²) in [6.07, 6.45) is -0.00887. The molecule has 0 radical (unpaired) electrons. The molecule has 2 aliphatic rings. The number of carbonyl (C=O) groups excluding carboxylic acids is 2. The minimum absolute atomic E-state index is 0.223. The highest BCUT2D eigenvalue weighted by Crippen LogP contribution is 2.46. The largest absolute Gasteiger partial charge is 0.497 e. The van der Waals surface area contributed by atoms with Gasteiger partial charge in [0.25, 0.3) is 0 Å². The second-order valence-corrected chi connectivity index (χ2v) is 8.01. The number of hydrogen-bond donors (Lipinski definition) is 1. The molecule has 4 rings (SSSR count). The van der Waals surface area contributed by atoms with Gasteiger partial charge in [0.15, 0.2) is 0 Å². The summed E-state index contributed by atoms with van der Waals surface area (Å²) < 4.78 is 16.4. The van der Waals surface area contributed by atoms with Gasteiger partial charge in [-0.3, -0.25) is 0 Å². The van der Waals surface area contributed by atoms with E-state index >= 15 is 0 Å². The van der Waals surface area contributed by atoms with Crippen molar-refractivity contribution in [3.05, 3.63) is 87.2 Å². The van der Waals surface area contributed by atoms with Gasteiger partial charge in [-0.15, -0.1) is 0 Å². The van der Waals surface area contributed by atoms with Gasteiger partial charge in [-0.25, -0.2) is 9.59 Å². The molecule has 0 amide bonds. The Labute approximate surface area is 191 Å². The SMILES string of the molecule is CCOC(=O)C1=C(C)NC2=C(C(=O)OC(c3ccc(OC)cc3)C2)C1c1ccccc1Cl. The second-order valence-electron chi connectivity index (χ2n) is 7.60. The molecule has 2 aliphatic heterocycles. The van der Waals surface area contributed by atoms with Gasteiger partial charge >= 0.3 is 11.9 Å². The fourth-order valence-corrected chi connectivity index (χ4v) is 4.47. The van der Waals surface area contributed by atoms with E-state index < -0.39 is 24.0 Å². The van der Waals surface area contributed by atoms with Gasteiger partial charge in [0.05, 0.1) is 30.8 Å². The van der Waals surface area contributed by atoms with Crippen molar-refractivity contribution in [3.8, 4) is 5.75 Å². The molecule has 0 spiro atoms. The van der Waals surface area contributed by atoms with Gasteiger partial charge < -0.3 is 19.5 Å². The first-order chi connectivity index (χ1) is 15.4. The van der Waals surface area contributed by atoms with Crippen LogP contribution in [-0.2, 0) is 19.1 Å². The number of allylic oxidation sites excluding steroid dienone is 1. The van der Waals surface area contributed by atoms with Crippen LogP contribution in [-0.4, -0.2) is 25.7 Å². The average molecular weight is 454 g/mol. The van der Waals surface area contributed by atoms with Crippen LogP contribution < -0.4 is 10.1 Å². The van der Waals surface area contributed by atoms with E-state index in [4.69, 9.17) is 25.8 Å². The maximum Gasteiger partial charge on any atom is 0.337 e. The van der Waals surface area contributed by atoms with Crippen molar-refractivity contribution < 1.29 is 23.8 Å². The third kappa shape index (κ3) is 3.98. The van der Waals surface area contributed by atoms with Gasteiger partial charge in [-0.2, -0.15) is 0 Å². The van der Waals surface area contributed by atoms with Gasteiger partial charge in [0.2, 0.25) is 0 Å². The number of dihydropyridines is 1. The lowest BCUT2D eigenvalue weighted by atomic mass is 9.78. The quantitative estimate of drug-likeness (QED) is 0.654. The molecule has 2 aromatic carbocycles. The van der Waals surface area contributed by atoms with Crippen molar-refractivity contribution in [1.82, 2.24) is 5.32 Å². The summed E-state index contributed by atoms with van der Waals surface area (Å²) in [6, 6.07) is 14.6. The number of ether oxygens (including phenoxy) is 3. The Morgan fingerprint density at radius 1 is 1.19 bits per heavy atom. The first-order valence-electron chi connectivity index (χ1n) is 10.4. The van der Waals surface area contributed by atoms with E-state index in [1.54, 1.807) is 20.1 Å². The highest BCUT2D eigenvalue weighted by molar-refractivity contribution is 6.31. The molecule has 0 saturated heterocycles. The molecule has 7 heteroatoms. The summed E-state index contributed by atoms with van der Waals surface area (Å²) in [5.41, 5.74) is 3.62. The Kier molecular flexibility index (Phi) is 6.24. The third-order valence-electron chi connectivity index (χ3n) is 5.70. The van der Waals surface area contributed by atoms with E-state index in [-0.39, 0.29) is 6.61 Å². The van der Waals surface area contributed by atoms with Crippen molar-refractivity contribution in [3.63, 3.8) is 0 Å². The fraction of sp³-hybridized carbons (Fsp3) is 0.280. The summed E-state index contributed by atoms with van der Waals surface area (Å²) in [6.45, 7) is 3.77. The van der Waals surface area contributed by atoms with Crippen molar-refractivity contribution in [2.45, 2.75) is 32.3 Å². The molecule has 166 valence electrons. The predicted molar refractivity (Wildman–Crippen MR) is 120 cm³/mol. The summed E-state index contributed by atoms with van der Waals surface area (Å²) >= 11 is 6.50. The van der Waals surface area contributed by atoms with E-state index in [9.17, 15) is 9.59 Å². The van der Waals surface area contributed by atoms with Crippen LogP contribution in [0, 0.1) is 0 Å². The fourth-order valence-electron chi connectivity index (χ4n) is 4.22. The van der Waals surface area contributed by atoms with Gasteiger partial charge in [0, 0.05) is 22.8 Å². The monoisotopic (exact) mass is 453 g/mol. The minimum atomic E-state index is -0.677. The lowest BCUT2D eigenvalue weighted by Crippen LogP contribution is -2.37. The van der Waals surface area contributed by atoms with Gasteiger partial charge in [0.1, 0.15) is 11.9 Å². The molecule has 2 unspecified atom stereocenters. The Hall–Kier alpha value is -3.25. The molecule has 2 aromatic rings. The minimum Gasteiger partial charge on any atom is -0.497 e. The summed E-state index contributed by atoms with van der Waals surface area (Å²) in [5, 5.41) is 3.73. The van der Waals surface area contributed by atoms with E-state index in [1.165, 1.54) is 0 Å². The van der Waals surface area contributed by atoms with E-state index in [0.717, 1.165) is 17.0 Å². The number of benzene rings is 2. The molecule has 0 aliphatic carbocycles. The molecule has 0 saturated carbocycles. The van der Waals surface area contributed by atoms with Crippen molar-refractivity contribution in [2.75, 3.05) is 13.7 Å². The number of methoxy groups -OCH3 is 1. The van der Waals surface area contributed by atoms with Crippen LogP contribution in [0.4, 0.5) is 0 Å². The molecule has 1 N–H and O–H groups in total. The Morgan fingerprint density at radius 3 is 2.56 bits per heavy atom. The van der Waals surface area contributed by atoms with Crippen molar-refractivity contribution >= 4 is 23.5 Å². The van der Waals surface area contributed by atoms with Crippen LogP contribution in [0.1, 0.15) is 43.4 Å². The molecule has 2 heterocycles. The van der Waals surface area contributed by atoms with Crippen LogP contribution in [0.3, 0.4) is 0 Å². The number of halogens is 1. The second kappa shape index (κ2) is 9.09. The first kappa shape index (κ1) is 22.0. The maximum atomic E-state index is 13.3. The zero-order valence-electron chi connectivity index (χ0n) is 18.1. The zero-order valence-corrected chi connectivity index (χ0v) is 18.9. The smallest absolute Gasteiger partial charge is 0.337 e. The molecular weight excluding hydrogens is 430 g/mol. The highest BCUT2D eigenvalue weighted by Gasteiger charge is 2.43. The lowest BCUT2D eigenvalue weighted by Gasteiger charge is -2.36. The summed E-state index contributed by atoms with van der Waals surface area (Å²) in [7, 11) is 1.60. The van der Waals surface area contributed by atoms with Crippen LogP contribution in [0.15, 0.2) is 71.1 Å². The Morgan fingerprint density at radius 2 is 1.91 bits per heavy atom. The Balaban J connectivity index is 1.78. The van der Waals surface area contributed by atoms with Crippen LogP contribution in [0.5, 0.6) is 5.75 Å². The Bertz CT molecular complexity index is 1120. The topological polar surface area (TPSA) is 73.9 Å². The molecular formula is C25H24ClNO5. The number of esters is 2. The molecule has 0 bridgehead atoms. The molecule has 2 atom stereocenters. The number of nitrogens with one attached hydrogen (secondary N) is 1.